The number of hydrogen-bond acceptors (Lipinski definition) is 5. The molecule has 18 heavy (non-hydrogen) atoms. The van der Waals surface area contributed by atoms with Gasteiger partial charge in [-0.3, -0.25) is 0 Å². The van der Waals surface area contributed by atoms with Crippen molar-refractivity contribution in [3.63, 3.8) is 0 Å². The third-order valence-corrected chi connectivity index (χ3v) is 2.36. The van der Waals surface area contributed by atoms with Gasteiger partial charge in [0.2, 0.25) is 0 Å². The van der Waals surface area contributed by atoms with Gasteiger partial charge >= 0.3 is 6.09 Å². The third-order valence-electron chi connectivity index (χ3n) is 2.36. The molecule has 3 N–H and O–H groups in total. The van der Waals surface area contributed by atoms with E-state index in [0.29, 0.717) is 13.1 Å². The summed E-state index contributed by atoms with van der Waals surface area (Å²) in [5.41, 5.74) is 5.09. The zero-order valence-corrected chi connectivity index (χ0v) is 11.8. The molecule has 106 valence electrons. The summed E-state index contributed by atoms with van der Waals surface area (Å²) in [7, 11) is 0. The minimum atomic E-state index is -0.662. The minimum absolute atomic E-state index is 0.213. The lowest BCUT2D eigenvalue weighted by molar-refractivity contribution is -0.145. The maximum Gasteiger partial charge on any atom is 0.407 e. The Labute approximate surface area is 108 Å². The van der Waals surface area contributed by atoms with Crippen molar-refractivity contribution in [2.24, 2.45) is 5.73 Å². The van der Waals surface area contributed by atoms with Crippen LogP contribution in [0.5, 0.6) is 0 Å². The molecular formula is C12H24N2O4. The molecule has 1 aliphatic heterocycles. The van der Waals surface area contributed by atoms with E-state index in [2.05, 4.69) is 5.32 Å². The highest BCUT2D eigenvalue weighted by Gasteiger charge is 2.40. The normalized spacial score (nSPS) is 27.0. The van der Waals surface area contributed by atoms with Gasteiger partial charge in [-0.1, -0.05) is 0 Å². The van der Waals surface area contributed by atoms with Crippen molar-refractivity contribution in [3.05, 3.63) is 0 Å². The van der Waals surface area contributed by atoms with E-state index in [-0.39, 0.29) is 12.2 Å². The number of alkyl carbamates (subject to hydrolysis) is 1. The molecule has 1 saturated heterocycles. The van der Waals surface area contributed by atoms with Crippen molar-refractivity contribution in [2.75, 3.05) is 13.1 Å². The summed E-state index contributed by atoms with van der Waals surface area (Å²) >= 11 is 0. The number of rotatable bonds is 3. The Morgan fingerprint density at radius 1 is 1.33 bits per heavy atom. The molecule has 0 bridgehead atoms. The first kappa shape index (κ1) is 15.2. The van der Waals surface area contributed by atoms with E-state index in [0.717, 1.165) is 0 Å². The molecule has 1 amide bonds. The monoisotopic (exact) mass is 260 g/mol. The Bertz CT molecular complexity index is 299. The SMILES string of the molecule is CC(C)(C)OC(=O)NC[C@H]1OC(C)(C)OC1CN. The first-order valence-corrected chi connectivity index (χ1v) is 6.15. The summed E-state index contributed by atoms with van der Waals surface area (Å²) in [6, 6.07) is 0. The summed E-state index contributed by atoms with van der Waals surface area (Å²) in [5, 5.41) is 2.66. The number of carbonyl (C=O) groups excluding carboxylic acids is 1. The van der Waals surface area contributed by atoms with Crippen LogP contribution < -0.4 is 11.1 Å². The summed E-state index contributed by atoms with van der Waals surface area (Å²) in [6.45, 7) is 9.76. The van der Waals surface area contributed by atoms with Gasteiger partial charge in [-0.2, -0.15) is 0 Å². The fraction of sp³-hybridized carbons (Fsp3) is 0.917. The molecule has 0 aromatic carbocycles. The maximum absolute atomic E-state index is 11.5. The van der Waals surface area contributed by atoms with Gasteiger partial charge in [0.15, 0.2) is 5.79 Å². The molecule has 1 aliphatic rings. The van der Waals surface area contributed by atoms with Gasteiger partial charge in [0.25, 0.3) is 0 Å². The van der Waals surface area contributed by atoms with Crippen LogP contribution in [0.1, 0.15) is 34.6 Å². The van der Waals surface area contributed by atoms with Crippen LogP contribution in [0.4, 0.5) is 4.79 Å². The summed E-state index contributed by atoms with van der Waals surface area (Å²) in [5.74, 6) is -0.662. The quantitative estimate of drug-likeness (QED) is 0.790. The summed E-state index contributed by atoms with van der Waals surface area (Å²) < 4.78 is 16.4. The van der Waals surface area contributed by atoms with Gasteiger partial charge < -0.3 is 25.3 Å². The standard InChI is InChI=1S/C12H24N2O4/c1-11(2,3)18-10(15)14-7-9-8(6-13)16-12(4,5)17-9/h8-9H,6-7,13H2,1-5H3,(H,14,15)/t8?,9-/m1/s1. The van der Waals surface area contributed by atoms with Crippen molar-refractivity contribution in [1.29, 1.82) is 0 Å². The van der Waals surface area contributed by atoms with Gasteiger partial charge in [-0.25, -0.2) is 4.79 Å². The highest BCUT2D eigenvalue weighted by atomic mass is 16.8. The average Bonchev–Trinajstić information content (AvgIpc) is 2.47. The second kappa shape index (κ2) is 5.42. The number of carbonyl (C=O) groups is 1. The lowest BCUT2D eigenvalue weighted by Crippen LogP contribution is -2.42. The molecule has 6 nitrogen and oxygen atoms in total. The molecule has 0 aromatic rings. The summed E-state index contributed by atoms with van der Waals surface area (Å²) in [6.07, 6.45) is -0.931. The van der Waals surface area contributed by atoms with E-state index in [4.69, 9.17) is 19.9 Å². The molecule has 1 fully saturated rings. The number of amides is 1. The van der Waals surface area contributed by atoms with Gasteiger partial charge in [-0.15, -0.1) is 0 Å². The maximum atomic E-state index is 11.5. The van der Waals surface area contributed by atoms with Crippen molar-refractivity contribution in [2.45, 2.75) is 58.2 Å². The van der Waals surface area contributed by atoms with Gasteiger partial charge in [0.1, 0.15) is 17.8 Å². The van der Waals surface area contributed by atoms with Crippen molar-refractivity contribution in [3.8, 4) is 0 Å². The van der Waals surface area contributed by atoms with E-state index >= 15 is 0 Å². The molecule has 6 heteroatoms. The van der Waals surface area contributed by atoms with Crippen LogP contribution in [0, 0.1) is 0 Å². The number of nitrogens with two attached hydrogens (primary N) is 1. The highest BCUT2D eigenvalue weighted by Crippen LogP contribution is 2.27. The Balaban J connectivity index is 2.41. The predicted molar refractivity (Wildman–Crippen MR) is 67.1 cm³/mol. The fourth-order valence-electron chi connectivity index (χ4n) is 1.78. The zero-order valence-electron chi connectivity index (χ0n) is 11.8. The molecule has 0 radical (unpaired) electrons. The van der Waals surface area contributed by atoms with Gasteiger partial charge in [0, 0.05) is 13.1 Å². The predicted octanol–water partition coefficient (Wildman–Crippen LogP) is 0.990. The topological polar surface area (TPSA) is 82.8 Å². The van der Waals surface area contributed by atoms with Crippen LogP contribution in [0.15, 0.2) is 0 Å². The third kappa shape index (κ3) is 4.80. The van der Waals surface area contributed by atoms with Crippen molar-refractivity contribution < 1.29 is 19.0 Å². The molecular weight excluding hydrogens is 236 g/mol. The van der Waals surface area contributed by atoms with Gasteiger partial charge in [0.05, 0.1) is 0 Å². The first-order valence-electron chi connectivity index (χ1n) is 6.15. The van der Waals surface area contributed by atoms with Crippen LogP contribution in [0.3, 0.4) is 0 Å². The molecule has 0 aromatic heterocycles. The molecule has 1 heterocycles. The van der Waals surface area contributed by atoms with E-state index < -0.39 is 17.5 Å². The molecule has 0 saturated carbocycles. The number of hydrogen-bond donors (Lipinski definition) is 2. The Kier molecular flexibility index (Phi) is 4.58. The zero-order chi connectivity index (χ0) is 14.0. The number of nitrogens with one attached hydrogen (secondary N) is 1. The van der Waals surface area contributed by atoms with Crippen LogP contribution in [-0.2, 0) is 14.2 Å². The molecule has 0 aliphatic carbocycles. The minimum Gasteiger partial charge on any atom is -0.444 e. The van der Waals surface area contributed by atoms with Crippen LogP contribution in [0.2, 0.25) is 0 Å². The average molecular weight is 260 g/mol. The van der Waals surface area contributed by atoms with Crippen molar-refractivity contribution in [1.82, 2.24) is 5.32 Å². The first-order chi connectivity index (χ1) is 8.13. The fourth-order valence-corrected chi connectivity index (χ4v) is 1.78. The van der Waals surface area contributed by atoms with Crippen LogP contribution in [0.25, 0.3) is 0 Å². The Morgan fingerprint density at radius 3 is 2.39 bits per heavy atom. The Hall–Kier alpha value is -0.850. The lowest BCUT2D eigenvalue weighted by Gasteiger charge is -2.21. The van der Waals surface area contributed by atoms with Crippen LogP contribution in [-0.4, -0.2) is 42.8 Å². The highest BCUT2D eigenvalue weighted by molar-refractivity contribution is 5.67. The van der Waals surface area contributed by atoms with E-state index in [9.17, 15) is 4.79 Å². The second-order valence-corrected chi connectivity index (χ2v) is 5.83. The molecule has 2 atom stereocenters. The van der Waals surface area contributed by atoms with E-state index in [1.165, 1.54) is 0 Å². The molecule has 1 unspecified atom stereocenters. The number of ether oxygens (including phenoxy) is 3. The largest absolute Gasteiger partial charge is 0.444 e. The van der Waals surface area contributed by atoms with Crippen molar-refractivity contribution >= 4 is 6.09 Å². The van der Waals surface area contributed by atoms with E-state index in [1.807, 2.05) is 34.6 Å². The molecule has 0 spiro atoms. The smallest absolute Gasteiger partial charge is 0.407 e. The van der Waals surface area contributed by atoms with Gasteiger partial charge in [-0.05, 0) is 34.6 Å². The second-order valence-electron chi connectivity index (χ2n) is 5.83. The molecule has 1 rings (SSSR count). The summed E-state index contributed by atoms with van der Waals surface area (Å²) in [4.78, 5) is 11.5. The van der Waals surface area contributed by atoms with Crippen LogP contribution >= 0.6 is 0 Å². The lowest BCUT2D eigenvalue weighted by atomic mass is 10.2. The van der Waals surface area contributed by atoms with E-state index in [1.54, 1.807) is 0 Å². The Morgan fingerprint density at radius 2 is 1.89 bits per heavy atom.